The van der Waals surface area contributed by atoms with Crippen molar-refractivity contribution in [2.24, 2.45) is 0 Å². The highest BCUT2D eigenvalue weighted by Gasteiger charge is 2.17. The van der Waals surface area contributed by atoms with Crippen LogP contribution in [0.2, 0.25) is 0 Å². The summed E-state index contributed by atoms with van der Waals surface area (Å²) in [6, 6.07) is 51.2. The summed E-state index contributed by atoms with van der Waals surface area (Å²) in [5, 5.41) is 2.44. The Morgan fingerprint density at radius 2 is 0.957 bits per heavy atom. The lowest BCUT2D eigenvalue weighted by atomic mass is 10.1. The van der Waals surface area contributed by atoms with Crippen molar-refractivity contribution >= 4 is 32.9 Å². The molecule has 0 fully saturated rings. The SMILES string of the molecule is c1ccc(-c2nc(-c3cccc(-n4c5ccccc5c5ccccc54)c3)nc(-c3ccc4oc(-c5ccccc5)nc4c3)n2)cc1. The van der Waals surface area contributed by atoms with Crippen LogP contribution < -0.4 is 0 Å². The predicted molar refractivity (Wildman–Crippen MR) is 183 cm³/mol. The van der Waals surface area contributed by atoms with Gasteiger partial charge in [-0.05, 0) is 54.6 Å². The number of nitrogens with zero attached hydrogens (tertiary/aromatic N) is 5. The summed E-state index contributed by atoms with van der Waals surface area (Å²) in [5.74, 6) is 2.35. The average molecular weight is 592 g/mol. The largest absolute Gasteiger partial charge is 0.436 e. The van der Waals surface area contributed by atoms with Crippen LogP contribution in [-0.4, -0.2) is 24.5 Å². The van der Waals surface area contributed by atoms with Crippen molar-refractivity contribution in [1.82, 2.24) is 24.5 Å². The molecule has 0 saturated carbocycles. The molecule has 0 spiro atoms. The molecule has 6 nitrogen and oxygen atoms in total. The van der Waals surface area contributed by atoms with E-state index in [2.05, 4.69) is 77.4 Å². The zero-order valence-electron chi connectivity index (χ0n) is 24.6. The standard InChI is InChI=1S/C40H25N5O/c1-3-12-26(13-4-1)37-42-38(44-39(43-37)29-22-23-36-33(25-29)41-40(46-36)27-14-5-2-6-15-27)28-16-11-17-30(24-28)45-34-20-9-7-18-31(34)32-19-8-10-21-35(32)45/h1-25H. The van der Waals surface area contributed by atoms with Gasteiger partial charge in [-0.2, -0.15) is 0 Å². The van der Waals surface area contributed by atoms with E-state index >= 15 is 0 Å². The zero-order chi connectivity index (χ0) is 30.5. The highest BCUT2D eigenvalue weighted by molar-refractivity contribution is 6.09. The molecule has 0 bridgehead atoms. The third-order valence-corrected chi connectivity index (χ3v) is 8.28. The summed E-state index contributed by atoms with van der Waals surface area (Å²) >= 11 is 0. The number of aromatic nitrogens is 5. The molecule has 6 heteroatoms. The number of hydrogen-bond acceptors (Lipinski definition) is 5. The molecule has 0 saturated heterocycles. The van der Waals surface area contributed by atoms with E-state index in [1.165, 1.54) is 10.8 Å². The zero-order valence-corrected chi connectivity index (χ0v) is 24.6. The summed E-state index contributed by atoms with van der Waals surface area (Å²) in [6.07, 6.45) is 0. The van der Waals surface area contributed by atoms with Crippen molar-refractivity contribution in [3.63, 3.8) is 0 Å². The molecule has 46 heavy (non-hydrogen) atoms. The maximum Gasteiger partial charge on any atom is 0.227 e. The quantitative estimate of drug-likeness (QED) is 0.199. The summed E-state index contributed by atoms with van der Waals surface area (Å²) in [6.45, 7) is 0. The molecule has 3 aromatic heterocycles. The Morgan fingerprint density at radius 3 is 1.63 bits per heavy atom. The van der Waals surface area contributed by atoms with Gasteiger partial charge < -0.3 is 8.98 Å². The second kappa shape index (κ2) is 10.6. The van der Waals surface area contributed by atoms with E-state index in [-0.39, 0.29) is 0 Å². The molecule has 9 rings (SSSR count). The second-order valence-corrected chi connectivity index (χ2v) is 11.2. The number of fused-ring (bicyclic) bond motifs is 4. The van der Waals surface area contributed by atoms with Crippen LogP contribution in [0.15, 0.2) is 156 Å². The monoisotopic (exact) mass is 591 g/mol. The van der Waals surface area contributed by atoms with Crippen molar-refractivity contribution in [1.29, 1.82) is 0 Å². The third kappa shape index (κ3) is 4.43. The summed E-state index contributed by atoms with van der Waals surface area (Å²) in [5.41, 5.74) is 8.37. The molecule has 216 valence electrons. The molecular formula is C40H25N5O. The number of rotatable bonds is 5. The molecule has 0 radical (unpaired) electrons. The van der Waals surface area contributed by atoms with Gasteiger partial charge >= 0.3 is 0 Å². The minimum absolute atomic E-state index is 0.567. The minimum atomic E-state index is 0.567. The van der Waals surface area contributed by atoms with Crippen LogP contribution in [0.5, 0.6) is 0 Å². The Labute approximate surface area is 264 Å². The Morgan fingerprint density at radius 1 is 0.413 bits per heavy atom. The molecule has 0 aliphatic rings. The van der Waals surface area contributed by atoms with Crippen LogP contribution in [0, 0.1) is 0 Å². The van der Waals surface area contributed by atoms with E-state index in [1.807, 2.05) is 78.9 Å². The lowest BCUT2D eigenvalue weighted by Crippen LogP contribution is -2.01. The highest BCUT2D eigenvalue weighted by Crippen LogP contribution is 2.34. The minimum Gasteiger partial charge on any atom is -0.436 e. The molecule has 6 aromatic carbocycles. The molecule has 9 aromatic rings. The molecule has 0 aliphatic heterocycles. The lowest BCUT2D eigenvalue weighted by Gasteiger charge is -2.11. The van der Waals surface area contributed by atoms with E-state index < -0.39 is 0 Å². The van der Waals surface area contributed by atoms with Gasteiger partial charge in [0.05, 0.1) is 11.0 Å². The van der Waals surface area contributed by atoms with Gasteiger partial charge in [-0.15, -0.1) is 0 Å². The Kier molecular flexibility index (Phi) is 6.03. The third-order valence-electron chi connectivity index (χ3n) is 8.28. The van der Waals surface area contributed by atoms with E-state index in [0.29, 0.717) is 28.9 Å². The number of hydrogen-bond donors (Lipinski definition) is 0. The first-order valence-electron chi connectivity index (χ1n) is 15.2. The van der Waals surface area contributed by atoms with Crippen LogP contribution in [0.25, 0.3) is 84.2 Å². The predicted octanol–water partition coefficient (Wildman–Crippen LogP) is 9.78. The number of oxazole rings is 1. The Balaban J connectivity index is 1.20. The maximum atomic E-state index is 6.07. The van der Waals surface area contributed by atoms with Crippen molar-refractivity contribution < 1.29 is 4.42 Å². The summed E-state index contributed by atoms with van der Waals surface area (Å²) < 4.78 is 8.38. The Bertz CT molecular complexity index is 2480. The molecule has 0 N–H and O–H groups in total. The first-order chi connectivity index (χ1) is 22.8. The van der Waals surface area contributed by atoms with Crippen LogP contribution in [-0.2, 0) is 0 Å². The van der Waals surface area contributed by atoms with Crippen molar-refractivity contribution in [2.45, 2.75) is 0 Å². The van der Waals surface area contributed by atoms with Crippen LogP contribution in [0.4, 0.5) is 0 Å². The fourth-order valence-corrected chi connectivity index (χ4v) is 6.11. The van der Waals surface area contributed by atoms with E-state index in [0.717, 1.165) is 44.5 Å². The normalized spacial score (nSPS) is 11.5. The van der Waals surface area contributed by atoms with Gasteiger partial charge in [0.15, 0.2) is 23.1 Å². The van der Waals surface area contributed by atoms with Gasteiger partial charge in [-0.25, -0.2) is 19.9 Å². The van der Waals surface area contributed by atoms with Gasteiger partial charge in [-0.1, -0.05) is 97.1 Å². The topological polar surface area (TPSA) is 69.6 Å². The smallest absolute Gasteiger partial charge is 0.227 e. The number of benzene rings is 6. The van der Waals surface area contributed by atoms with E-state index in [1.54, 1.807) is 0 Å². The van der Waals surface area contributed by atoms with Crippen molar-refractivity contribution in [2.75, 3.05) is 0 Å². The lowest BCUT2D eigenvalue weighted by molar-refractivity contribution is 0.620. The fraction of sp³-hybridized carbons (Fsp3) is 0. The van der Waals surface area contributed by atoms with Crippen molar-refractivity contribution in [3.8, 4) is 51.3 Å². The summed E-state index contributed by atoms with van der Waals surface area (Å²) in [4.78, 5) is 19.7. The first-order valence-corrected chi connectivity index (χ1v) is 15.2. The highest BCUT2D eigenvalue weighted by atomic mass is 16.3. The molecule has 0 unspecified atom stereocenters. The summed E-state index contributed by atoms with van der Waals surface area (Å²) in [7, 11) is 0. The first kappa shape index (κ1) is 26.0. The Hall–Kier alpha value is -6.40. The van der Waals surface area contributed by atoms with Gasteiger partial charge in [0, 0.05) is 38.7 Å². The van der Waals surface area contributed by atoms with Gasteiger partial charge in [0.1, 0.15) is 5.52 Å². The van der Waals surface area contributed by atoms with Gasteiger partial charge in [0.2, 0.25) is 5.89 Å². The van der Waals surface area contributed by atoms with Gasteiger partial charge in [0.25, 0.3) is 0 Å². The maximum absolute atomic E-state index is 6.07. The van der Waals surface area contributed by atoms with E-state index in [4.69, 9.17) is 24.4 Å². The van der Waals surface area contributed by atoms with E-state index in [9.17, 15) is 0 Å². The fourth-order valence-electron chi connectivity index (χ4n) is 6.11. The van der Waals surface area contributed by atoms with Crippen LogP contribution in [0.1, 0.15) is 0 Å². The van der Waals surface area contributed by atoms with Crippen LogP contribution >= 0.6 is 0 Å². The van der Waals surface area contributed by atoms with Crippen molar-refractivity contribution in [3.05, 3.63) is 152 Å². The van der Waals surface area contributed by atoms with Gasteiger partial charge in [-0.3, -0.25) is 0 Å². The molecular weight excluding hydrogens is 566 g/mol. The molecule has 0 amide bonds. The van der Waals surface area contributed by atoms with Crippen LogP contribution in [0.3, 0.4) is 0 Å². The average Bonchev–Trinajstić information content (AvgIpc) is 3.71. The molecule has 0 atom stereocenters. The number of para-hydroxylation sites is 2. The molecule has 0 aliphatic carbocycles. The second-order valence-electron chi connectivity index (χ2n) is 11.2. The molecule has 3 heterocycles.